The summed E-state index contributed by atoms with van der Waals surface area (Å²) in [6, 6.07) is 6.84. The highest BCUT2D eigenvalue weighted by molar-refractivity contribution is 7.13. The first kappa shape index (κ1) is 19.6. The van der Waals surface area contributed by atoms with E-state index in [0.29, 0.717) is 12.1 Å². The van der Waals surface area contributed by atoms with Gasteiger partial charge in [0.2, 0.25) is 5.91 Å². The molecule has 0 radical (unpaired) electrons. The Morgan fingerprint density at radius 1 is 1.22 bits per heavy atom. The Labute approximate surface area is 160 Å². The fraction of sp³-hybridized carbons (Fsp3) is 0.250. The summed E-state index contributed by atoms with van der Waals surface area (Å²) >= 11 is 1.06. The summed E-state index contributed by atoms with van der Waals surface area (Å²) in [6.45, 7) is 1.83. The van der Waals surface area contributed by atoms with Gasteiger partial charge in [0, 0.05) is 17.2 Å². The maximum absolute atomic E-state index is 12.8. The van der Waals surface area contributed by atoms with Crippen molar-refractivity contribution in [1.29, 1.82) is 0 Å². The zero-order chi connectivity index (χ0) is 19.7. The van der Waals surface area contributed by atoms with E-state index in [9.17, 15) is 29.7 Å². The van der Waals surface area contributed by atoms with Crippen molar-refractivity contribution in [2.45, 2.75) is 25.4 Å². The highest BCUT2D eigenvalue weighted by Crippen LogP contribution is 2.26. The number of nitrogens with one attached hydrogen (secondary N) is 1. The molecule has 8 nitrogen and oxygen atoms in total. The van der Waals surface area contributed by atoms with Crippen molar-refractivity contribution in [3.05, 3.63) is 40.6 Å². The molecule has 2 amide bonds. The lowest BCUT2D eigenvalue weighted by atomic mass is 9.80. The van der Waals surface area contributed by atoms with E-state index < -0.39 is 26.2 Å². The summed E-state index contributed by atoms with van der Waals surface area (Å²) in [5, 5.41) is 41.5. The minimum atomic E-state index is -1.76. The standard InChI is InChI=1S/C16H18B2N2O6S/c1-9-7-13(19-15(21)14-12(18(25)26)5-6-27-14)16(22)20(9)11-4-2-3-10(8-11)17(23)24/h2-6,8-9,13,23-26H,7H2,1H3,(H,19,21)/t9?,13-/m0/s1. The number of rotatable bonds is 5. The lowest BCUT2D eigenvalue weighted by Gasteiger charge is -2.22. The first-order valence-corrected chi connectivity index (χ1v) is 9.21. The molecule has 11 heteroatoms. The van der Waals surface area contributed by atoms with Gasteiger partial charge < -0.3 is 30.3 Å². The molecule has 140 valence electrons. The quantitative estimate of drug-likeness (QED) is 0.378. The van der Waals surface area contributed by atoms with Crippen LogP contribution < -0.4 is 21.1 Å². The predicted molar refractivity (Wildman–Crippen MR) is 103 cm³/mol. The molecule has 5 N–H and O–H groups in total. The van der Waals surface area contributed by atoms with E-state index in [4.69, 9.17) is 0 Å². The first-order chi connectivity index (χ1) is 12.8. The van der Waals surface area contributed by atoms with Gasteiger partial charge in [0.25, 0.3) is 5.91 Å². The van der Waals surface area contributed by atoms with E-state index in [1.165, 1.54) is 23.1 Å². The van der Waals surface area contributed by atoms with Crippen LogP contribution in [-0.4, -0.2) is 58.2 Å². The summed E-state index contributed by atoms with van der Waals surface area (Å²) in [4.78, 5) is 26.9. The van der Waals surface area contributed by atoms with Crippen LogP contribution in [0.15, 0.2) is 35.7 Å². The number of hydrogen-bond acceptors (Lipinski definition) is 7. The fourth-order valence-electron chi connectivity index (χ4n) is 3.20. The molecule has 0 spiro atoms. The fourth-order valence-corrected chi connectivity index (χ4v) is 4.03. The number of carbonyl (C=O) groups is 2. The molecular weight excluding hydrogens is 370 g/mol. The van der Waals surface area contributed by atoms with Crippen molar-refractivity contribution < 1.29 is 29.7 Å². The van der Waals surface area contributed by atoms with Gasteiger partial charge in [-0.05, 0) is 36.3 Å². The number of nitrogens with zero attached hydrogens (tertiary/aromatic N) is 1. The normalized spacial score (nSPS) is 19.3. The minimum absolute atomic E-state index is 0.0949. The number of carbonyl (C=O) groups excluding carboxylic acids is 2. The highest BCUT2D eigenvalue weighted by Gasteiger charge is 2.39. The summed E-state index contributed by atoms with van der Waals surface area (Å²) < 4.78 is 0. The van der Waals surface area contributed by atoms with Gasteiger partial charge in [-0.25, -0.2) is 0 Å². The van der Waals surface area contributed by atoms with Crippen LogP contribution in [0.1, 0.15) is 23.0 Å². The Balaban J connectivity index is 1.78. The Hall–Kier alpha value is -2.17. The topological polar surface area (TPSA) is 130 Å². The van der Waals surface area contributed by atoms with Gasteiger partial charge in [0.1, 0.15) is 6.04 Å². The van der Waals surface area contributed by atoms with Crippen molar-refractivity contribution in [2.75, 3.05) is 4.90 Å². The molecule has 2 heterocycles. The Morgan fingerprint density at radius 2 is 1.96 bits per heavy atom. The molecule has 2 atom stereocenters. The summed E-state index contributed by atoms with van der Waals surface area (Å²) in [5.74, 6) is -0.858. The first-order valence-electron chi connectivity index (χ1n) is 8.33. The smallest absolute Gasteiger partial charge is 0.423 e. The second kappa shape index (κ2) is 7.83. The van der Waals surface area contributed by atoms with Crippen molar-refractivity contribution in [3.63, 3.8) is 0 Å². The third-order valence-electron chi connectivity index (χ3n) is 4.49. The summed E-state index contributed by atoms with van der Waals surface area (Å²) in [6.07, 6.45) is 0.374. The zero-order valence-electron chi connectivity index (χ0n) is 14.4. The van der Waals surface area contributed by atoms with Crippen LogP contribution in [0.25, 0.3) is 0 Å². The molecule has 1 aromatic carbocycles. The van der Waals surface area contributed by atoms with Crippen molar-refractivity contribution >= 4 is 54.0 Å². The molecule has 0 bridgehead atoms. The number of hydrogen-bond donors (Lipinski definition) is 5. The van der Waals surface area contributed by atoms with Crippen LogP contribution in [-0.2, 0) is 4.79 Å². The molecule has 2 aromatic rings. The van der Waals surface area contributed by atoms with E-state index in [1.807, 2.05) is 6.92 Å². The second-order valence-electron chi connectivity index (χ2n) is 6.37. The molecular formula is C16H18B2N2O6S. The number of benzene rings is 1. The van der Waals surface area contributed by atoms with Crippen LogP contribution >= 0.6 is 11.3 Å². The Bertz CT molecular complexity index is 859. The Kier molecular flexibility index (Phi) is 5.68. The highest BCUT2D eigenvalue weighted by atomic mass is 32.1. The largest absolute Gasteiger partial charge is 0.490 e. The van der Waals surface area contributed by atoms with Gasteiger partial charge in [0.05, 0.1) is 4.88 Å². The molecule has 1 aromatic heterocycles. The maximum Gasteiger partial charge on any atom is 0.490 e. The van der Waals surface area contributed by atoms with Gasteiger partial charge in [-0.1, -0.05) is 18.2 Å². The van der Waals surface area contributed by atoms with Crippen LogP contribution in [0.3, 0.4) is 0 Å². The summed E-state index contributed by atoms with van der Waals surface area (Å²) in [7, 11) is -3.41. The van der Waals surface area contributed by atoms with Crippen LogP contribution in [0.2, 0.25) is 0 Å². The van der Waals surface area contributed by atoms with E-state index in [-0.39, 0.29) is 27.8 Å². The van der Waals surface area contributed by atoms with E-state index >= 15 is 0 Å². The average molecular weight is 388 g/mol. The Morgan fingerprint density at radius 3 is 2.63 bits per heavy atom. The third kappa shape index (κ3) is 3.92. The minimum Gasteiger partial charge on any atom is -0.423 e. The monoisotopic (exact) mass is 388 g/mol. The maximum atomic E-state index is 12.8. The van der Waals surface area contributed by atoms with E-state index in [0.717, 1.165) is 11.3 Å². The second-order valence-corrected chi connectivity index (χ2v) is 7.28. The van der Waals surface area contributed by atoms with E-state index in [2.05, 4.69) is 5.32 Å². The van der Waals surface area contributed by atoms with Crippen LogP contribution in [0.5, 0.6) is 0 Å². The molecule has 27 heavy (non-hydrogen) atoms. The molecule has 1 saturated heterocycles. The number of thiophene rings is 1. The molecule has 0 aliphatic carbocycles. The average Bonchev–Trinajstić information content (AvgIpc) is 3.20. The molecule has 1 aliphatic rings. The molecule has 3 rings (SSSR count). The van der Waals surface area contributed by atoms with Crippen LogP contribution in [0, 0.1) is 0 Å². The van der Waals surface area contributed by atoms with E-state index in [1.54, 1.807) is 17.5 Å². The van der Waals surface area contributed by atoms with Crippen molar-refractivity contribution in [3.8, 4) is 0 Å². The molecule has 1 fully saturated rings. The van der Waals surface area contributed by atoms with Gasteiger partial charge >= 0.3 is 14.2 Å². The molecule has 1 aliphatic heterocycles. The predicted octanol–water partition coefficient (Wildman–Crippen LogP) is -1.97. The SMILES string of the molecule is CC1C[C@H](NC(=O)c2sccc2B(O)O)C(=O)N1c1cccc(B(O)O)c1. The lowest BCUT2D eigenvalue weighted by molar-refractivity contribution is -0.118. The van der Waals surface area contributed by atoms with Crippen LogP contribution in [0.4, 0.5) is 5.69 Å². The van der Waals surface area contributed by atoms with Gasteiger partial charge in [-0.3, -0.25) is 9.59 Å². The lowest BCUT2D eigenvalue weighted by Crippen LogP contribution is -2.44. The molecule has 1 unspecified atom stereocenters. The van der Waals surface area contributed by atoms with Crippen molar-refractivity contribution in [2.24, 2.45) is 0 Å². The summed E-state index contributed by atoms with van der Waals surface area (Å²) in [5.41, 5.74) is 0.870. The molecule has 0 saturated carbocycles. The third-order valence-corrected chi connectivity index (χ3v) is 5.41. The number of amides is 2. The van der Waals surface area contributed by atoms with Gasteiger partial charge in [0.15, 0.2) is 0 Å². The van der Waals surface area contributed by atoms with Crippen molar-refractivity contribution in [1.82, 2.24) is 5.32 Å². The zero-order valence-corrected chi connectivity index (χ0v) is 15.3. The number of anilines is 1. The van der Waals surface area contributed by atoms with Gasteiger partial charge in [-0.15, -0.1) is 11.3 Å². The van der Waals surface area contributed by atoms with Gasteiger partial charge in [-0.2, -0.15) is 0 Å².